The number of aliphatic hydroxyl groups is 1. The Bertz CT molecular complexity index is 470. The van der Waals surface area contributed by atoms with E-state index in [-0.39, 0.29) is 6.54 Å². The van der Waals surface area contributed by atoms with E-state index in [4.69, 9.17) is 17.3 Å². The van der Waals surface area contributed by atoms with Gasteiger partial charge in [0.2, 0.25) is 0 Å². The Morgan fingerprint density at radius 1 is 1.53 bits per heavy atom. The van der Waals surface area contributed by atoms with Crippen LogP contribution in [0.4, 0.5) is 0 Å². The van der Waals surface area contributed by atoms with Crippen molar-refractivity contribution in [1.29, 1.82) is 0 Å². The van der Waals surface area contributed by atoms with E-state index in [0.29, 0.717) is 17.2 Å². The summed E-state index contributed by atoms with van der Waals surface area (Å²) < 4.78 is 0. The van der Waals surface area contributed by atoms with Crippen molar-refractivity contribution in [1.82, 2.24) is 15.0 Å². The number of nitrogens with two attached hydrogens (primary N) is 1. The maximum atomic E-state index is 9.46. The van der Waals surface area contributed by atoms with E-state index in [9.17, 15) is 5.11 Å². The number of aliphatic hydroxyl groups excluding tert-OH is 1. The molecule has 0 saturated carbocycles. The summed E-state index contributed by atoms with van der Waals surface area (Å²) >= 11 is 5.95. The topological polar surface area (TPSA) is 87.8 Å². The first-order valence-corrected chi connectivity index (χ1v) is 4.94. The third-order valence-electron chi connectivity index (χ3n) is 2.23. The fraction of sp³-hybridized carbons (Fsp3) is 0.333. The summed E-state index contributed by atoms with van der Waals surface area (Å²) in [5.41, 5.74) is 6.90. The lowest BCUT2D eigenvalue weighted by molar-refractivity contribution is 0.184. The molecular weight excluding hydrogens is 216 g/mol. The van der Waals surface area contributed by atoms with Gasteiger partial charge in [-0.15, -0.1) is 0 Å². The zero-order chi connectivity index (χ0) is 10.8. The molecule has 0 fully saturated rings. The van der Waals surface area contributed by atoms with Gasteiger partial charge in [0.15, 0.2) is 0 Å². The molecule has 0 amide bonds. The van der Waals surface area contributed by atoms with Gasteiger partial charge in [0, 0.05) is 19.2 Å². The molecule has 2 rings (SSSR count). The van der Waals surface area contributed by atoms with Crippen LogP contribution in [0.3, 0.4) is 0 Å². The number of nitrogens with zero attached hydrogens (tertiary/aromatic N) is 2. The molecule has 2 aromatic heterocycles. The van der Waals surface area contributed by atoms with Crippen LogP contribution in [0.1, 0.15) is 5.56 Å². The molecule has 1 atom stereocenters. The Morgan fingerprint density at radius 3 is 3.07 bits per heavy atom. The molecule has 4 N–H and O–H groups in total. The van der Waals surface area contributed by atoms with Gasteiger partial charge in [0.25, 0.3) is 0 Å². The Hall–Kier alpha value is -1.17. The minimum absolute atomic E-state index is 0.220. The molecule has 80 valence electrons. The number of hydrogen-bond donors (Lipinski definition) is 3. The van der Waals surface area contributed by atoms with E-state index in [0.717, 1.165) is 10.9 Å². The van der Waals surface area contributed by atoms with Crippen LogP contribution in [0.25, 0.3) is 11.0 Å². The van der Waals surface area contributed by atoms with Crippen LogP contribution in [0.15, 0.2) is 12.5 Å². The molecule has 0 spiro atoms. The lowest BCUT2D eigenvalue weighted by Crippen LogP contribution is -2.21. The second kappa shape index (κ2) is 4.14. The van der Waals surface area contributed by atoms with Gasteiger partial charge in [-0.2, -0.15) is 0 Å². The largest absolute Gasteiger partial charge is 0.391 e. The minimum Gasteiger partial charge on any atom is -0.391 e. The summed E-state index contributed by atoms with van der Waals surface area (Å²) in [5.74, 6) is 0. The molecule has 6 heteroatoms. The van der Waals surface area contributed by atoms with Crippen molar-refractivity contribution in [2.24, 2.45) is 5.73 Å². The maximum Gasteiger partial charge on any atom is 0.142 e. The highest BCUT2D eigenvalue weighted by molar-refractivity contribution is 6.34. The highest BCUT2D eigenvalue weighted by atomic mass is 35.5. The van der Waals surface area contributed by atoms with Gasteiger partial charge in [-0.05, 0) is 5.56 Å². The Kier molecular flexibility index (Phi) is 2.86. The average Bonchev–Trinajstić information content (AvgIpc) is 2.63. The van der Waals surface area contributed by atoms with Gasteiger partial charge in [0.05, 0.1) is 11.5 Å². The van der Waals surface area contributed by atoms with Crippen molar-refractivity contribution in [3.63, 3.8) is 0 Å². The molecule has 0 aromatic carbocycles. The maximum absolute atomic E-state index is 9.46. The smallest absolute Gasteiger partial charge is 0.142 e. The first-order chi connectivity index (χ1) is 7.22. The van der Waals surface area contributed by atoms with Crippen LogP contribution in [0.2, 0.25) is 5.15 Å². The van der Waals surface area contributed by atoms with Crippen molar-refractivity contribution in [3.05, 3.63) is 23.2 Å². The van der Waals surface area contributed by atoms with Gasteiger partial charge in [-0.3, -0.25) is 0 Å². The lowest BCUT2D eigenvalue weighted by Gasteiger charge is -2.05. The number of nitrogens with one attached hydrogen (secondary N) is 1. The number of halogens is 1. The molecule has 2 aromatic rings. The predicted octanol–water partition coefficient (Wildman–Crippen LogP) is 0.473. The molecule has 0 aliphatic carbocycles. The third kappa shape index (κ3) is 1.94. The highest BCUT2D eigenvalue weighted by Crippen LogP contribution is 2.23. The fourth-order valence-electron chi connectivity index (χ4n) is 1.48. The normalized spacial score (nSPS) is 13.3. The monoisotopic (exact) mass is 226 g/mol. The molecular formula is C9H11ClN4O. The number of H-pyrrole nitrogens is 1. The Labute approximate surface area is 91.3 Å². The molecule has 0 bridgehead atoms. The number of hydrogen-bond acceptors (Lipinski definition) is 4. The number of aromatic amines is 1. The molecule has 0 saturated heterocycles. The summed E-state index contributed by atoms with van der Waals surface area (Å²) in [6.45, 7) is 0.220. The standard InChI is InChI=1S/C9H11ClN4O/c10-8-7-5(1-6(15)2-11)3-12-9(7)14-4-13-8/h3-4,6,15H,1-2,11H2,(H,12,13,14). The van der Waals surface area contributed by atoms with Crippen molar-refractivity contribution in [2.45, 2.75) is 12.5 Å². The first kappa shape index (κ1) is 10.4. The van der Waals surface area contributed by atoms with E-state index in [1.165, 1.54) is 6.33 Å². The first-order valence-electron chi connectivity index (χ1n) is 4.57. The minimum atomic E-state index is -0.569. The van der Waals surface area contributed by atoms with Crippen molar-refractivity contribution in [3.8, 4) is 0 Å². The number of aromatic nitrogens is 3. The van der Waals surface area contributed by atoms with Gasteiger partial charge in [-0.25, -0.2) is 9.97 Å². The molecule has 1 unspecified atom stereocenters. The summed E-state index contributed by atoms with van der Waals surface area (Å²) in [7, 11) is 0. The summed E-state index contributed by atoms with van der Waals surface area (Å²) in [6.07, 6.45) is 3.04. The van der Waals surface area contributed by atoms with Crippen molar-refractivity contribution < 1.29 is 5.11 Å². The quantitative estimate of drug-likeness (QED) is 0.664. The molecule has 0 aliphatic heterocycles. The third-order valence-corrected chi connectivity index (χ3v) is 2.52. The van der Waals surface area contributed by atoms with E-state index in [1.54, 1.807) is 6.20 Å². The van der Waals surface area contributed by atoms with Crippen LogP contribution in [-0.4, -0.2) is 32.7 Å². The molecule has 5 nitrogen and oxygen atoms in total. The number of rotatable bonds is 3. The van der Waals surface area contributed by atoms with Gasteiger partial charge >= 0.3 is 0 Å². The molecule has 2 heterocycles. The Balaban J connectivity index is 2.43. The van der Waals surface area contributed by atoms with Crippen molar-refractivity contribution in [2.75, 3.05) is 6.54 Å². The average molecular weight is 227 g/mol. The van der Waals surface area contributed by atoms with Crippen LogP contribution in [0, 0.1) is 0 Å². The summed E-state index contributed by atoms with van der Waals surface area (Å²) in [5, 5.41) is 10.6. The molecule has 0 radical (unpaired) electrons. The van der Waals surface area contributed by atoms with Gasteiger partial charge in [0.1, 0.15) is 17.1 Å². The van der Waals surface area contributed by atoms with E-state index < -0.39 is 6.10 Å². The van der Waals surface area contributed by atoms with Gasteiger partial charge in [-0.1, -0.05) is 11.6 Å². The second-order valence-corrected chi connectivity index (χ2v) is 3.65. The highest BCUT2D eigenvalue weighted by Gasteiger charge is 2.12. The van der Waals surface area contributed by atoms with Gasteiger partial charge < -0.3 is 15.8 Å². The Morgan fingerprint density at radius 2 is 2.33 bits per heavy atom. The predicted molar refractivity (Wildman–Crippen MR) is 57.7 cm³/mol. The van der Waals surface area contributed by atoms with Crippen LogP contribution >= 0.6 is 11.6 Å². The van der Waals surface area contributed by atoms with E-state index >= 15 is 0 Å². The fourth-order valence-corrected chi connectivity index (χ4v) is 1.74. The summed E-state index contributed by atoms with van der Waals surface area (Å²) in [4.78, 5) is 10.9. The zero-order valence-corrected chi connectivity index (χ0v) is 8.70. The van der Waals surface area contributed by atoms with Crippen molar-refractivity contribution >= 4 is 22.6 Å². The SMILES string of the molecule is NCC(O)Cc1c[nH]c2ncnc(Cl)c12. The van der Waals surface area contributed by atoms with E-state index in [1.807, 2.05) is 0 Å². The second-order valence-electron chi connectivity index (χ2n) is 3.30. The summed E-state index contributed by atoms with van der Waals surface area (Å²) in [6, 6.07) is 0. The molecule has 15 heavy (non-hydrogen) atoms. The van der Waals surface area contributed by atoms with Crippen LogP contribution in [-0.2, 0) is 6.42 Å². The van der Waals surface area contributed by atoms with Crippen LogP contribution in [0.5, 0.6) is 0 Å². The van der Waals surface area contributed by atoms with E-state index in [2.05, 4.69) is 15.0 Å². The molecule has 0 aliphatic rings. The van der Waals surface area contributed by atoms with Crippen LogP contribution < -0.4 is 5.73 Å². The lowest BCUT2D eigenvalue weighted by atomic mass is 10.1. The zero-order valence-electron chi connectivity index (χ0n) is 7.94. The number of fused-ring (bicyclic) bond motifs is 1.